The average molecular weight is 296 g/mol. The summed E-state index contributed by atoms with van der Waals surface area (Å²) >= 11 is 0. The van der Waals surface area contributed by atoms with E-state index < -0.39 is 17.4 Å². The van der Waals surface area contributed by atoms with Crippen molar-refractivity contribution in [3.8, 4) is 0 Å². The summed E-state index contributed by atoms with van der Waals surface area (Å²) in [6.07, 6.45) is 1.33. The predicted octanol–water partition coefficient (Wildman–Crippen LogP) is 1.61. The molecule has 1 amide bonds. The number of Topliss-reactive ketones (excluding diaryl/α,β-unsaturated/α-hetero) is 1. The Morgan fingerprint density at radius 1 is 1.29 bits per heavy atom. The molecule has 1 aliphatic rings. The van der Waals surface area contributed by atoms with E-state index in [1.807, 2.05) is 4.90 Å². The number of hydrogen-bond donors (Lipinski definition) is 1. The van der Waals surface area contributed by atoms with Gasteiger partial charge in [0.05, 0.1) is 12.1 Å². The van der Waals surface area contributed by atoms with Crippen LogP contribution in [0.4, 0.5) is 8.78 Å². The molecule has 1 heterocycles. The molecule has 0 atom stereocenters. The predicted molar refractivity (Wildman–Crippen MR) is 73.9 cm³/mol. The van der Waals surface area contributed by atoms with Crippen LogP contribution in [0.1, 0.15) is 23.2 Å². The van der Waals surface area contributed by atoms with E-state index in [4.69, 9.17) is 0 Å². The van der Waals surface area contributed by atoms with E-state index in [0.29, 0.717) is 25.9 Å². The molecule has 0 spiro atoms. The van der Waals surface area contributed by atoms with E-state index in [1.54, 1.807) is 7.05 Å². The zero-order valence-electron chi connectivity index (χ0n) is 11.9. The normalized spacial score (nSPS) is 16.7. The lowest BCUT2D eigenvalue weighted by molar-refractivity contribution is -0.125. The summed E-state index contributed by atoms with van der Waals surface area (Å²) in [5, 5.41) is 2.61. The SMILES string of the molecule is CNC(=O)C1CCN(CC(=O)c2cc(F)ccc2F)CC1. The van der Waals surface area contributed by atoms with Crippen molar-refractivity contribution >= 4 is 11.7 Å². The molecule has 4 nitrogen and oxygen atoms in total. The second kappa shape index (κ2) is 6.76. The van der Waals surface area contributed by atoms with Gasteiger partial charge in [0, 0.05) is 13.0 Å². The molecule has 1 N–H and O–H groups in total. The minimum Gasteiger partial charge on any atom is -0.359 e. The highest BCUT2D eigenvalue weighted by Gasteiger charge is 2.26. The smallest absolute Gasteiger partial charge is 0.222 e. The summed E-state index contributed by atoms with van der Waals surface area (Å²) in [5.41, 5.74) is -0.219. The zero-order chi connectivity index (χ0) is 15.4. The van der Waals surface area contributed by atoms with Gasteiger partial charge in [-0.1, -0.05) is 0 Å². The Hall–Kier alpha value is -1.82. The monoisotopic (exact) mass is 296 g/mol. The number of halogens is 2. The van der Waals surface area contributed by atoms with Crippen molar-refractivity contribution in [2.45, 2.75) is 12.8 Å². The topological polar surface area (TPSA) is 49.4 Å². The van der Waals surface area contributed by atoms with Gasteiger partial charge < -0.3 is 5.32 Å². The Balaban J connectivity index is 1.93. The van der Waals surface area contributed by atoms with E-state index in [9.17, 15) is 18.4 Å². The Bertz CT molecular complexity index is 540. The number of nitrogens with one attached hydrogen (secondary N) is 1. The van der Waals surface area contributed by atoms with E-state index in [1.165, 1.54) is 0 Å². The molecule has 0 aromatic heterocycles. The van der Waals surface area contributed by atoms with Crippen LogP contribution in [-0.2, 0) is 4.79 Å². The quantitative estimate of drug-likeness (QED) is 0.859. The number of benzene rings is 1. The maximum atomic E-state index is 13.5. The van der Waals surface area contributed by atoms with Crippen LogP contribution < -0.4 is 5.32 Å². The van der Waals surface area contributed by atoms with Gasteiger partial charge in [-0.15, -0.1) is 0 Å². The van der Waals surface area contributed by atoms with Crippen LogP contribution in [-0.4, -0.2) is 43.3 Å². The highest BCUT2D eigenvalue weighted by molar-refractivity contribution is 5.97. The van der Waals surface area contributed by atoms with Crippen molar-refractivity contribution in [3.63, 3.8) is 0 Å². The van der Waals surface area contributed by atoms with E-state index in [0.717, 1.165) is 18.2 Å². The number of carbonyl (C=O) groups is 2. The molecule has 21 heavy (non-hydrogen) atoms. The number of piperidine rings is 1. The summed E-state index contributed by atoms with van der Waals surface area (Å²) in [7, 11) is 1.60. The fraction of sp³-hybridized carbons (Fsp3) is 0.467. The molecule has 114 valence electrons. The molecule has 0 unspecified atom stereocenters. The minimum atomic E-state index is -0.707. The van der Waals surface area contributed by atoms with Crippen LogP contribution in [0.2, 0.25) is 0 Å². The molecule has 1 aliphatic heterocycles. The summed E-state index contributed by atoms with van der Waals surface area (Å²) in [6.45, 7) is 1.24. The van der Waals surface area contributed by atoms with Gasteiger partial charge >= 0.3 is 0 Å². The Labute approximate surface area is 122 Å². The molecule has 6 heteroatoms. The minimum absolute atomic E-state index is 0.0113. The van der Waals surface area contributed by atoms with Crippen molar-refractivity contribution in [1.82, 2.24) is 10.2 Å². The van der Waals surface area contributed by atoms with Crippen molar-refractivity contribution < 1.29 is 18.4 Å². The third-order valence-corrected chi connectivity index (χ3v) is 3.80. The summed E-state index contributed by atoms with van der Waals surface area (Å²) in [5.74, 6) is -1.80. The zero-order valence-corrected chi connectivity index (χ0v) is 11.9. The van der Waals surface area contributed by atoms with Gasteiger partial charge in [-0.3, -0.25) is 14.5 Å². The first-order chi connectivity index (χ1) is 10.0. The van der Waals surface area contributed by atoms with Gasteiger partial charge in [-0.2, -0.15) is 0 Å². The number of nitrogens with zero attached hydrogens (tertiary/aromatic N) is 1. The fourth-order valence-electron chi connectivity index (χ4n) is 2.56. The van der Waals surface area contributed by atoms with Gasteiger partial charge in [0.2, 0.25) is 5.91 Å². The van der Waals surface area contributed by atoms with Gasteiger partial charge in [-0.25, -0.2) is 8.78 Å². The number of ketones is 1. The molecule has 1 aromatic rings. The molecular weight excluding hydrogens is 278 g/mol. The van der Waals surface area contributed by atoms with E-state index in [-0.39, 0.29) is 23.9 Å². The third kappa shape index (κ3) is 3.85. The molecule has 0 radical (unpaired) electrons. The molecular formula is C15H18F2N2O2. The van der Waals surface area contributed by atoms with Crippen LogP contribution in [0.15, 0.2) is 18.2 Å². The first kappa shape index (κ1) is 15.6. The summed E-state index contributed by atoms with van der Waals surface area (Å²) < 4.78 is 26.6. The molecule has 0 bridgehead atoms. The molecule has 0 aliphatic carbocycles. The lowest BCUT2D eigenvalue weighted by Gasteiger charge is -2.30. The standard InChI is InChI=1S/C15H18F2N2O2/c1-18-15(21)10-4-6-19(7-5-10)9-14(20)12-8-11(16)2-3-13(12)17/h2-3,8,10H,4-7,9H2,1H3,(H,18,21). The van der Waals surface area contributed by atoms with Crippen molar-refractivity contribution in [1.29, 1.82) is 0 Å². The van der Waals surface area contributed by atoms with Gasteiger partial charge in [0.1, 0.15) is 11.6 Å². The maximum Gasteiger partial charge on any atom is 0.222 e. The molecule has 1 fully saturated rings. The van der Waals surface area contributed by atoms with Crippen LogP contribution in [0, 0.1) is 17.6 Å². The first-order valence-electron chi connectivity index (χ1n) is 6.93. The van der Waals surface area contributed by atoms with Crippen LogP contribution in [0.25, 0.3) is 0 Å². The van der Waals surface area contributed by atoms with Crippen LogP contribution in [0.3, 0.4) is 0 Å². The van der Waals surface area contributed by atoms with Crippen LogP contribution >= 0.6 is 0 Å². The number of amides is 1. The number of rotatable bonds is 4. The molecule has 0 saturated carbocycles. The average Bonchev–Trinajstić information content (AvgIpc) is 2.49. The van der Waals surface area contributed by atoms with Crippen LogP contribution in [0.5, 0.6) is 0 Å². The van der Waals surface area contributed by atoms with E-state index >= 15 is 0 Å². The lowest BCUT2D eigenvalue weighted by atomic mass is 9.95. The third-order valence-electron chi connectivity index (χ3n) is 3.80. The first-order valence-corrected chi connectivity index (χ1v) is 6.93. The number of likely N-dealkylation sites (tertiary alicyclic amines) is 1. The number of carbonyl (C=O) groups excluding carboxylic acids is 2. The van der Waals surface area contributed by atoms with Gasteiger partial charge in [0.15, 0.2) is 5.78 Å². The summed E-state index contributed by atoms with van der Waals surface area (Å²) in [4.78, 5) is 25.4. The van der Waals surface area contributed by atoms with Crippen molar-refractivity contribution in [2.24, 2.45) is 5.92 Å². The Morgan fingerprint density at radius 2 is 1.95 bits per heavy atom. The molecule has 1 aromatic carbocycles. The van der Waals surface area contributed by atoms with E-state index in [2.05, 4.69) is 5.32 Å². The highest BCUT2D eigenvalue weighted by atomic mass is 19.1. The number of hydrogen-bond acceptors (Lipinski definition) is 3. The molecule has 2 rings (SSSR count). The summed E-state index contributed by atoms with van der Waals surface area (Å²) in [6, 6.07) is 2.87. The van der Waals surface area contributed by atoms with Crippen molar-refractivity contribution in [2.75, 3.05) is 26.7 Å². The molecule has 1 saturated heterocycles. The van der Waals surface area contributed by atoms with Gasteiger partial charge in [0.25, 0.3) is 0 Å². The lowest BCUT2D eigenvalue weighted by Crippen LogP contribution is -2.41. The second-order valence-electron chi connectivity index (χ2n) is 5.21. The largest absolute Gasteiger partial charge is 0.359 e. The fourth-order valence-corrected chi connectivity index (χ4v) is 2.56. The highest BCUT2D eigenvalue weighted by Crippen LogP contribution is 2.18. The van der Waals surface area contributed by atoms with Crippen molar-refractivity contribution in [3.05, 3.63) is 35.4 Å². The second-order valence-corrected chi connectivity index (χ2v) is 5.21. The van der Waals surface area contributed by atoms with Gasteiger partial charge in [-0.05, 0) is 44.1 Å². The Morgan fingerprint density at radius 3 is 2.57 bits per heavy atom. The maximum absolute atomic E-state index is 13.5. The Kier molecular flexibility index (Phi) is 5.01.